The maximum Gasteiger partial charge on any atom is 0.311 e. The van der Waals surface area contributed by atoms with Gasteiger partial charge in [-0.2, -0.15) is 5.10 Å². The van der Waals surface area contributed by atoms with Gasteiger partial charge in [-0.25, -0.2) is 5.43 Å². The first-order valence-corrected chi connectivity index (χ1v) is 7.34. The van der Waals surface area contributed by atoms with Crippen LogP contribution in [0.25, 0.3) is 0 Å². The molecular weight excluding hydrogens is 328 g/mol. The van der Waals surface area contributed by atoms with Gasteiger partial charge in [-0.05, 0) is 31.2 Å². The Morgan fingerprint density at radius 1 is 1.44 bits per heavy atom. The minimum atomic E-state index is -0.669. The number of amides is 1. The summed E-state index contributed by atoms with van der Waals surface area (Å²) in [4.78, 5) is 34.3. The number of hydrogen-bond acceptors (Lipinski definition) is 6. The third-order valence-corrected chi connectivity index (χ3v) is 3.23. The van der Waals surface area contributed by atoms with Crippen LogP contribution in [0.4, 0.5) is 5.69 Å². The summed E-state index contributed by atoms with van der Waals surface area (Å²) >= 11 is 0. The van der Waals surface area contributed by atoms with E-state index in [2.05, 4.69) is 10.5 Å². The molecule has 0 spiro atoms. The average Bonchev–Trinajstić information content (AvgIpc) is 2.58. The highest BCUT2D eigenvalue weighted by atomic mass is 16.6. The van der Waals surface area contributed by atoms with Crippen molar-refractivity contribution in [3.8, 4) is 5.75 Å². The number of aryl methyl sites for hydroxylation is 1. The molecule has 1 aromatic heterocycles. The molecule has 0 aliphatic rings. The summed E-state index contributed by atoms with van der Waals surface area (Å²) in [5, 5.41) is 14.8. The summed E-state index contributed by atoms with van der Waals surface area (Å²) in [6, 6.07) is 7.25. The molecule has 0 aliphatic heterocycles. The van der Waals surface area contributed by atoms with Gasteiger partial charge in [0.2, 0.25) is 0 Å². The van der Waals surface area contributed by atoms with Crippen LogP contribution in [0.5, 0.6) is 5.75 Å². The maximum atomic E-state index is 12.0. The second kappa shape index (κ2) is 7.86. The minimum Gasteiger partial charge on any atom is -0.487 e. The van der Waals surface area contributed by atoms with E-state index in [1.54, 1.807) is 19.1 Å². The number of rotatable bonds is 6. The Balaban J connectivity index is 2.15. The maximum absolute atomic E-state index is 12.0. The van der Waals surface area contributed by atoms with Gasteiger partial charge in [-0.3, -0.25) is 19.7 Å². The van der Waals surface area contributed by atoms with Gasteiger partial charge < -0.3 is 9.30 Å². The van der Waals surface area contributed by atoms with E-state index in [9.17, 15) is 19.7 Å². The van der Waals surface area contributed by atoms with Gasteiger partial charge in [0.1, 0.15) is 5.56 Å². The predicted octanol–water partition coefficient (Wildman–Crippen LogP) is 1.46. The lowest BCUT2D eigenvalue weighted by atomic mass is 10.2. The number of nitro benzene ring substituents is 1. The zero-order valence-corrected chi connectivity index (χ0v) is 13.6. The molecule has 0 radical (unpaired) electrons. The number of nitrogens with zero attached hydrogens (tertiary/aromatic N) is 3. The molecule has 9 nitrogen and oxygen atoms in total. The molecule has 0 unspecified atom stereocenters. The zero-order chi connectivity index (χ0) is 18.4. The van der Waals surface area contributed by atoms with Crippen LogP contribution in [-0.2, 0) is 7.05 Å². The van der Waals surface area contributed by atoms with Gasteiger partial charge in [0.25, 0.3) is 11.5 Å². The van der Waals surface area contributed by atoms with Gasteiger partial charge in [0, 0.05) is 24.9 Å². The van der Waals surface area contributed by atoms with Gasteiger partial charge in [0.05, 0.1) is 17.7 Å². The van der Waals surface area contributed by atoms with E-state index in [-0.39, 0.29) is 17.0 Å². The van der Waals surface area contributed by atoms with E-state index < -0.39 is 16.4 Å². The molecule has 9 heteroatoms. The molecule has 0 saturated carbocycles. The van der Waals surface area contributed by atoms with Crippen molar-refractivity contribution in [2.24, 2.45) is 12.1 Å². The van der Waals surface area contributed by atoms with E-state index in [1.165, 1.54) is 42.2 Å². The first kappa shape index (κ1) is 17.9. The Kier molecular flexibility index (Phi) is 5.62. The molecule has 130 valence electrons. The van der Waals surface area contributed by atoms with Crippen molar-refractivity contribution in [3.05, 3.63) is 68.1 Å². The minimum absolute atomic E-state index is 0.0557. The highest BCUT2D eigenvalue weighted by molar-refractivity contribution is 5.94. The quantitative estimate of drug-likeness (QED) is 0.484. The van der Waals surface area contributed by atoms with Crippen LogP contribution in [0.15, 0.2) is 46.4 Å². The Bertz CT molecular complexity index is 888. The second-order valence-corrected chi connectivity index (χ2v) is 4.95. The number of hydrogen-bond donors (Lipinski definition) is 1. The Hall–Kier alpha value is -3.49. The highest BCUT2D eigenvalue weighted by Gasteiger charge is 2.15. The van der Waals surface area contributed by atoms with Crippen molar-refractivity contribution in [2.45, 2.75) is 6.92 Å². The monoisotopic (exact) mass is 344 g/mol. The van der Waals surface area contributed by atoms with Crippen molar-refractivity contribution in [1.82, 2.24) is 9.99 Å². The van der Waals surface area contributed by atoms with Crippen LogP contribution in [0.2, 0.25) is 0 Å². The number of aromatic nitrogens is 1. The largest absolute Gasteiger partial charge is 0.487 e. The van der Waals surface area contributed by atoms with E-state index in [4.69, 9.17) is 4.74 Å². The predicted molar refractivity (Wildman–Crippen MR) is 91.0 cm³/mol. The molecule has 1 amide bonds. The lowest BCUT2D eigenvalue weighted by Crippen LogP contribution is -2.29. The number of pyridine rings is 1. The highest BCUT2D eigenvalue weighted by Crippen LogP contribution is 2.27. The summed E-state index contributed by atoms with van der Waals surface area (Å²) in [6.45, 7) is 2.03. The molecule has 0 fully saturated rings. The van der Waals surface area contributed by atoms with E-state index in [0.29, 0.717) is 12.2 Å². The van der Waals surface area contributed by atoms with Crippen molar-refractivity contribution in [1.29, 1.82) is 0 Å². The first-order chi connectivity index (χ1) is 11.9. The molecule has 1 N–H and O–H groups in total. The number of carbonyl (C=O) groups excluding carboxylic acids is 1. The van der Waals surface area contributed by atoms with Crippen molar-refractivity contribution in [3.63, 3.8) is 0 Å². The van der Waals surface area contributed by atoms with E-state index in [1.807, 2.05) is 0 Å². The molecule has 25 heavy (non-hydrogen) atoms. The van der Waals surface area contributed by atoms with Crippen LogP contribution in [0, 0.1) is 10.1 Å². The third-order valence-electron chi connectivity index (χ3n) is 3.23. The fourth-order valence-corrected chi connectivity index (χ4v) is 2.03. The normalized spacial score (nSPS) is 10.6. The number of nitro groups is 1. The zero-order valence-electron chi connectivity index (χ0n) is 13.6. The van der Waals surface area contributed by atoms with Crippen molar-refractivity contribution < 1.29 is 14.5 Å². The van der Waals surface area contributed by atoms with E-state index in [0.717, 1.165) is 0 Å². The summed E-state index contributed by atoms with van der Waals surface area (Å²) in [7, 11) is 1.53. The van der Waals surface area contributed by atoms with Crippen LogP contribution in [0.3, 0.4) is 0 Å². The van der Waals surface area contributed by atoms with Gasteiger partial charge in [0.15, 0.2) is 5.75 Å². The van der Waals surface area contributed by atoms with Gasteiger partial charge in [-0.15, -0.1) is 0 Å². The number of benzene rings is 1. The molecule has 1 aromatic carbocycles. The van der Waals surface area contributed by atoms with Crippen LogP contribution >= 0.6 is 0 Å². The molecule has 0 aliphatic carbocycles. The second-order valence-electron chi connectivity index (χ2n) is 4.95. The molecule has 2 aromatic rings. The Labute approximate surface area is 142 Å². The summed E-state index contributed by atoms with van der Waals surface area (Å²) in [5.74, 6) is -0.514. The third kappa shape index (κ3) is 4.28. The average molecular weight is 344 g/mol. The van der Waals surface area contributed by atoms with Crippen LogP contribution in [-0.4, -0.2) is 28.2 Å². The fraction of sp³-hybridized carbons (Fsp3) is 0.188. The Morgan fingerprint density at radius 2 is 2.20 bits per heavy atom. The number of carbonyl (C=O) groups is 1. The van der Waals surface area contributed by atoms with Crippen LogP contribution < -0.4 is 15.7 Å². The lowest BCUT2D eigenvalue weighted by molar-refractivity contribution is -0.385. The van der Waals surface area contributed by atoms with Gasteiger partial charge >= 0.3 is 5.69 Å². The lowest BCUT2D eigenvalue weighted by Gasteiger charge is -2.04. The standard InChI is InChI=1S/C16H16N4O5/c1-3-25-14-7-6-11(9-13(14)20(23)24)10-17-18-15(21)12-5-4-8-19(2)16(12)22/h4-10H,3H2,1-2H3,(H,18,21)/b17-10-. The van der Waals surface area contributed by atoms with Crippen molar-refractivity contribution >= 4 is 17.8 Å². The smallest absolute Gasteiger partial charge is 0.311 e. The van der Waals surface area contributed by atoms with E-state index >= 15 is 0 Å². The Morgan fingerprint density at radius 3 is 2.88 bits per heavy atom. The molecule has 0 atom stereocenters. The summed E-state index contributed by atoms with van der Waals surface area (Å²) in [6.07, 6.45) is 2.77. The van der Waals surface area contributed by atoms with Gasteiger partial charge in [-0.1, -0.05) is 0 Å². The topological polar surface area (TPSA) is 116 Å². The fourth-order valence-electron chi connectivity index (χ4n) is 2.03. The van der Waals surface area contributed by atoms with Crippen molar-refractivity contribution in [2.75, 3.05) is 6.61 Å². The summed E-state index contributed by atoms with van der Waals surface area (Å²) in [5.41, 5.74) is 1.91. The molecule has 0 bridgehead atoms. The molecule has 1 heterocycles. The number of nitrogens with one attached hydrogen (secondary N) is 1. The number of hydrazone groups is 1. The van der Waals surface area contributed by atoms with Crippen LogP contribution in [0.1, 0.15) is 22.8 Å². The molecule has 0 saturated heterocycles. The molecule has 2 rings (SSSR count). The SMILES string of the molecule is CCOc1ccc(/C=N\NC(=O)c2cccn(C)c2=O)cc1[N+](=O)[O-]. The number of ether oxygens (including phenoxy) is 1. The first-order valence-electron chi connectivity index (χ1n) is 7.34. The summed E-state index contributed by atoms with van der Waals surface area (Å²) < 4.78 is 6.46. The molecular formula is C16H16N4O5.